The minimum atomic E-state index is -1.32. The van der Waals surface area contributed by atoms with E-state index in [1.54, 1.807) is 19.9 Å². The zero-order valence-corrected chi connectivity index (χ0v) is 22.4. The third-order valence-corrected chi connectivity index (χ3v) is 5.63. The van der Waals surface area contributed by atoms with Gasteiger partial charge in [-0.05, 0) is 49.3 Å². The topological polar surface area (TPSA) is 142 Å². The van der Waals surface area contributed by atoms with E-state index in [0.717, 1.165) is 0 Å². The van der Waals surface area contributed by atoms with Gasteiger partial charge < -0.3 is 25.1 Å². The molecule has 0 heterocycles. The summed E-state index contributed by atoms with van der Waals surface area (Å²) in [5, 5.41) is 9.62. The molecule has 0 aliphatic heterocycles. The van der Waals surface area contributed by atoms with Crippen LogP contribution in [0.3, 0.4) is 0 Å². The molecule has 0 aromatic heterocycles. The van der Waals surface area contributed by atoms with Crippen molar-refractivity contribution in [2.75, 3.05) is 0 Å². The lowest BCUT2D eigenvalue weighted by atomic mass is 9.87. The first kappa shape index (κ1) is 31.1. The van der Waals surface area contributed by atoms with Crippen molar-refractivity contribution >= 4 is 23.9 Å². The Labute approximate surface area is 213 Å². The average molecular weight is 508 g/mol. The molecule has 0 bridgehead atoms. The largest absolute Gasteiger partial charge is 0.480 e. The van der Waals surface area contributed by atoms with Crippen LogP contribution in [0.5, 0.6) is 11.5 Å². The van der Waals surface area contributed by atoms with Gasteiger partial charge in [0.15, 0.2) is 11.5 Å². The number of nitrogens with two attached hydrogens (primary N) is 1. The zero-order valence-electron chi connectivity index (χ0n) is 22.4. The number of hydrogen-bond donors (Lipinski definition) is 2. The second kappa shape index (κ2) is 14.6. The van der Waals surface area contributed by atoms with E-state index in [-0.39, 0.29) is 54.5 Å². The van der Waals surface area contributed by atoms with Crippen molar-refractivity contribution in [3.63, 3.8) is 0 Å². The van der Waals surface area contributed by atoms with E-state index in [2.05, 4.69) is 0 Å². The summed E-state index contributed by atoms with van der Waals surface area (Å²) in [6, 6.07) is 3.19. The number of carbonyl (C=O) groups is 4. The summed E-state index contributed by atoms with van der Waals surface area (Å²) < 4.78 is 16.5. The molecule has 0 spiro atoms. The van der Waals surface area contributed by atoms with Gasteiger partial charge in [0.1, 0.15) is 6.04 Å². The standard InChI is InChI=1S/C27H41NO8/c1-8-17(6)27(33)34-18(7)13-20(25(28)26(31)32)19-9-10-21(35-23(29)11-15(2)3)22(14-19)36-24(30)12-16(4)5/h9-10,14-18,20,25H,8,11-13,28H2,1-7H3,(H,31,32)/t17?,18?,20?,25-/m0/s1. The van der Waals surface area contributed by atoms with Gasteiger partial charge in [-0.2, -0.15) is 0 Å². The SMILES string of the molecule is CCC(C)C(=O)OC(C)CC(c1ccc(OC(=O)CC(C)C)c(OC(=O)CC(C)C)c1)[C@H](N)C(=O)O. The molecule has 4 atom stereocenters. The molecule has 0 radical (unpaired) electrons. The predicted octanol–water partition coefficient (Wildman–Crippen LogP) is 4.45. The fourth-order valence-corrected chi connectivity index (χ4v) is 3.46. The Balaban J connectivity index is 3.34. The number of aliphatic carboxylic acids is 1. The van der Waals surface area contributed by atoms with Crippen molar-refractivity contribution in [2.45, 2.75) is 92.2 Å². The monoisotopic (exact) mass is 507 g/mol. The van der Waals surface area contributed by atoms with Crippen molar-refractivity contribution in [3.8, 4) is 11.5 Å². The normalized spacial score (nSPS) is 14.6. The summed E-state index contributed by atoms with van der Waals surface area (Å²) in [6.07, 6.45) is 0.446. The van der Waals surface area contributed by atoms with Gasteiger partial charge in [-0.25, -0.2) is 0 Å². The van der Waals surface area contributed by atoms with E-state index in [1.165, 1.54) is 12.1 Å². The molecular formula is C27H41NO8. The molecular weight excluding hydrogens is 466 g/mol. The van der Waals surface area contributed by atoms with E-state index in [0.29, 0.717) is 12.0 Å². The van der Waals surface area contributed by atoms with Crippen LogP contribution >= 0.6 is 0 Å². The highest BCUT2D eigenvalue weighted by Gasteiger charge is 2.30. The van der Waals surface area contributed by atoms with Crippen molar-refractivity contribution in [2.24, 2.45) is 23.5 Å². The van der Waals surface area contributed by atoms with Crippen LogP contribution in [-0.2, 0) is 23.9 Å². The number of benzene rings is 1. The quantitative estimate of drug-likeness (QED) is 0.276. The lowest BCUT2D eigenvalue weighted by molar-refractivity contribution is -0.153. The molecule has 0 aliphatic rings. The molecule has 0 fully saturated rings. The molecule has 0 amide bonds. The minimum absolute atomic E-state index is 0.00194. The maximum absolute atomic E-state index is 12.4. The molecule has 0 saturated heterocycles. The van der Waals surface area contributed by atoms with Crippen molar-refractivity contribution in [1.82, 2.24) is 0 Å². The Bertz CT molecular complexity index is 911. The van der Waals surface area contributed by atoms with Crippen LogP contribution < -0.4 is 15.2 Å². The van der Waals surface area contributed by atoms with Gasteiger partial charge in [0.05, 0.1) is 12.0 Å². The molecule has 9 nitrogen and oxygen atoms in total. The number of ether oxygens (including phenoxy) is 3. The van der Waals surface area contributed by atoms with Gasteiger partial charge in [0, 0.05) is 18.8 Å². The van der Waals surface area contributed by atoms with E-state index >= 15 is 0 Å². The zero-order chi connectivity index (χ0) is 27.6. The Morgan fingerprint density at radius 3 is 1.89 bits per heavy atom. The fourth-order valence-electron chi connectivity index (χ4n) is 3.46. The highest BCUT2D eigenvalue weighted by Crippen LogP contribution is 2.35. The summed E-state index contributed by atoms with van der Waals surface area (Å²) in [4.78, 5) is 48.7. The minimum Gasteiger partial charge on any atom is -0.480 e. The Morgan fingerprint density at radius 2 is 1.42 bits per heavy atom. The maximum Gasteiger partial charge on any atom is 0.321 e. The van der Waals surface area contributed by atoms with Gasteiger partial charge >= 0.3 is 23.9 Å². The van der Waals surface area contributed by atoms with Crippen LogP contribution in [-0.4, -0.2) is 41.1 Å². The fraction of sp³-hybridized carbons (Fsp3) is 0.630. The summed E-state index contributed by atoms with van der Waals surface area (Å²) in [5.74, 6) is -3.49. The summed E-state index contributed by atoms with van der Waals surface area (Å²) in [7, 11) is 0. The Morgan fingerprint density at radius 1 is 0.889 bits per heavy atom. The van der Waals surface area contributed by atoms with Crippen LogP contribution in [0.4, 0.5) is 0 Å². The number of esters is 3. The van der Waals surface area contributed by atoms with Crippen LogP contribution in [0, 0.1) is 17.8 Å². The lowest BCUT2D eigenvalue weighted by Crippen LogP contribution is -2.38. The van der Waals surface area contributed by atoms with Crippen molar-refractivity contribution in [1.29, 1.82) is 0 Å². The van der Waals surface area contributed by atoms with E-state index in [4.69, 9.17) is 19.9 Å². The molecule has 1 rings (SSSR count). The van der Waals surface area contributed by atoms with Crippen LogP contribution in [0.15, 0.2) is 18.2 Å². The maximum atomic E-state index is 12.4. The number of carbonyl (C=O) groups excluding carboxylic acids is 3. The summed E-state index contributed by atoms with van der Waals surface area (Å²) >= 11 is 0. The molecule has 3 unspecified atom stereocenters. The van der Waals surface area contributed by atoms with Crippen LogP contribution in [0.25, 0.3) is 0 Å². The Kier molecular flexibility index (Phi) is 12.6. The third-order valence-electron chi connectivity index (χ3n) is 5.63. The third kappa shape index (κ3) is 10.4. The highest BCUT2D eigenvalue weighted by atomic mass is 16.6. The van der Waals surface area contributed by atoms with E-state index in [1.807, 2.05) is 34.6 Å². The van der Waals surface area contributed by atoms with Gasteiger partial charge in [-0.3, -0.25) is 19.2 Å². The number of hydrogen-bond acceptors (Lipinski definition) is 8. The molecule has 0 aliphatic carbocycles. The molecule has 202 valence electrons. The average Bonchev–Trinajstić information content (AvgIpc) is 2.76. The second-order valence-corrected chi connectivity index (χ2v) is 10.1. The van der Waals surface area contributed by atoms with Crippen molar-refractivity contribution < 1.29 is 38.5 Å². The molecule has 3 N–H and O–H groups in total. The molecule has 0 saturated carbocycles. The van der Waals surface area contributed by atoms with Crippen LogP contribution in [0.2, 0.25) is 0 Å². The summed E-state index contributed by atoms with van der Waals surface area (Å²) in [6.45, 7) is 12.8. The first-order valence-electron chi connectivity index (χ1n) is 12.5. The smallest absolute Gasteiger partial charge is 0.321 e. The molecule has 9 heteroatoms. The van der Waals surface area contributed by atoms with Gasteiger partial charge in [-0.1, -0.05) is 47.6 Å². The van der Waals surface area contributed by atoms with Gasteiger partial charge in [0.25, 0.3) is 0 Å². The summed E-state index contributed by atoms with van der Waals surface area (Å²) in [5.41, 5.74) is 6.47. The molecule has 1 aromatic carbocycles. The number of carboxylic acid groups (broad SMARTS) is 1. The molecule has 1 aromatic rings. The van der Waals surface area contributed by atoms with Gasteiger partial charge in [-0.15, -0.1) is 0 Å². The number of rotatable bonds is 14. The molecule has 36 heavy (non-hydrogen) atoms. The van der Waals surface area contributed by atoms with Crippen molar-refractivity contribution in [3.05, 3.63) is 23.8 Å². The first-order valence-corrected chi connectivity index (χ1v) is 12.5. The number of carboxylic acids is 1. The predicted molar refractivity (Wildman–Crippen MR) is 135 cm³/mol. The van der Waals surface area contributed by atoms with E-state index in [9.17, 15) is 24.3 Å². The van der Waals surface area contributed by atoms with E-state index < -0.39 is 36.0 Å². The van der Waals surface area contributed by atoms with Gasteiger partial charge in [0.2, 0.25) is 0 Å². The van der Waals surface area contributed by atoms with Crippen LogP contribution in [0.1, 0.15) is 85.6 Å². The Hall–Kier alpha value is -2.94. The lowest BCUT2D eigenvalue weighted by Gasteiger charge is -2.26. The highest BCUT2D eigenvalue weighted by molar-refractivity contribution is 5.77. The second-order valence-electron chi connectivity index (χ2n) is 10.1. The first-order chi connectivity index (χ1) is 16.7.